The van der Waals surface area contributed by atoms with E-state index in [-0.39, 0.29) is 11.9 Å². The third-order valence-corrected chi connectivity index (χ3v) is 5.03. The summed E-state index contributed by atoms with van der Waals surface area (Å²) in [4.78, 5) is 27.7. The number of rotatable bonds is 5. The number of hydrogen-bond acceptors (Lipinski definition) is 4. The van der Waals surface area contributed by atoms with Gasteiger partial charge in [0.05, 0.1) is 13.7 Å². The van der Waals surface area contributed by atoms with Crippen molar-refractivity contribution < 1.29 is 14.3 Å². The lowest BCUT2D eigenvalue weighted by atomic mass is 10.2. The number of anilines is 1. The molecule has 3 rings (SSSR count). The molecule has 0 aliphatic carbocycles. The molecular weight excluding hydrogens is 338 g/mol. The highest BCUT2D eigenvalue weighted by Gasteiger charge is 2.34. The molecule has 1 aromatic carbocycles. The minimum Gasteiger partial charge on any atom is -0.497 e. The number of hydrogen-bond donors (Lipinski definition) is 2. The van der Waals surface area contributed by atoms with Crippen molar-refractivity contribution in [3.63, 3.8) is 0 Å². The predicted molar refractivity (Wildman–Crippen MR) is 97.9 cm³/mol. The zero-order valence-corrected chi connectivity index (χ0v) is 14.8. The number of likely N-dealkylation sites (tertiary alicyclic amines) is 1. The molecule has 2 N–H and O–H groups in total. The molecule has 0 bridgehead atoms. The van der Waals surface area contributed by atoms with E-state index in [9.17, 15) is 9.59 Å². The molecule has 1 aromatic heterocycles. The van der Waals surface area contributed by atoms with Crippen LogP contribution in [0.1, 0.15) is 17.7 Å². The van der Waals surface area contributed by atoms with E-state index in [1.165, 1.54) is 0 Å². The fraction of sp³-hybridized carbons (Fsp3) is 0.333. The second-order valence-corrected chi connectivity index (χ2v) is 6.84. The first-order chi connectivity index (χ1) is 12.2. The summed E-state index contributed by atoms with van der Waals surface area (Å²) in [5, 5.41) is 7.74. The number of urea groups is 1. The third kappa shape index (κ3) is 4.30. The molecule has 1 aliphatic heterocycles. The van der Waals surface area contributed by atoms with Gasteiger partial charge >= 0.3 is 6.03 Å². The number of carbonyl (C=O) groups is 2. The molecule has 1 aliphatic rings. The Hall–Kier alpha value is -2.54. The Balaban J connectivity index is 1.59. The normalized spacial score (nSPS) is 16.5. The number of ether oxygens (including phenoxy) is 1. The Bertz CT molecular complexity index is 733. The van der Waals surface area contributed by atoms with Crippen LogP contribution in [-0.2, 0) is 11.3 Å². The highest BCUT2D eigenvalue weighted by Crippen LogP contribution is 2.21. The summed E-state index contributed by atoms with van der Waals surface area (Å²) in [5.74, 6) is 0.566. The van der Waals surface area contributed by atoms with E-state index >= 15 is 0 Å². The number of benzene rings is 1. The number of thiophene rings is 1. The minimum atomic E-state index is -0.425. The monoisotopic (exact) mass is 359 g/mol. The first-order valence-electron chi connectivity index (χ1n) is 8.19. The predicted octanol–water partition coefficient (Wildman–Crippen LogP) is 3.07. The van der Waals surface area contributed by atoms with Gasteiger partial charge in [-0.2, -0.15) is 0 Å². The summed E-state index contributed by atoms with van der Waals surface area (Å²) < 4.78 is 5.16. The van der Waals surface area contributed by atoms with E-state index in [1.807, 2.05) is 29.6 Å². The molecule has 7 heteroatoms. The summed E-state index contributed by atoms with van der Waals surface area (Å²) in [7, 11) is 1.58. The maximum Gasteiger partial charge on any atom is 0.322 e. The summed E-state index contributed by atoms with van der Waals surface area (Å²) in [6, 6.07) is 10.4. The van der Waals surface area contributed by atoms with E-state index in [2.05, 4.69) is 10.6 Å². The molecule has 3 amide bonds. The van der Waals surface area contributed by atoms with Crippen molar-refractivity contribution in [3.05, 3.63) is 46.7 Å². The molecule has 1 fully saturated rings. The van der Waals surface area contributed by atoms with Gasteiger partial charge in [0.25, 0.3) is 0 Å². The van der Waals surface area contributed by atoms with E-state index in [0.29, 0.717) is 30.9 Å². The minimum absolute atomic E-state index is 0.105. The van der Waals surface area contributed by atoms with Crippen molar-refractivity contribution in [2.75, 3.05) is 19.0 Å². The van der Waals surface area contributed by atoms with Gasteiger partial charge in [0.15, 0.2) is 0 Å². The molecule has 0 spiro atoms. The molecular formula is C18H21N3O3S. The lowest BCUT2D eigenvalue weighted by Gasteiger charge is -2.24. The molecule has 0 radical (unpaired) electrons. The molecule has 2 heterocycles. The average molecular weight is 359 g/mol. The van der Waals surface area contributed by atoms with Gasteiger partial charge in [-0.3, -0.25) is 4.79 Å². The highest BCUT2D eigenvalue weighted by molar-refractivity contribution is 7.09. The molecule has 132 valence electrons. The summed E-state index contributed by atoms with van der Waals surface area (Å²) in [6.45, 7) is 1.07. The smallest absolute Gasteiger partial charge is 0.322 e. The lowest BCUT2D eigenvalue weighted by molar-refractivity contribution is -0.124. The molecule has 0 unspecified atom stereocenters. The Labute approximate surface area is 150 Å². The van der Waals surface area contributed by atoms with Crippen LogP contribution in [0.4, 0.5) is 10.5 Å². The second kappa shape index (κ2) is 8.02. The maximum absolute atomic E-state index is 12.6. The number of nitrogens with one attached hydrogen (secondary N) is 2. The number of nitrogens with zero attached hydrogens (tertiary/aromatic N) is 1. The molecule has 6 nitrogen and oxygen atoms in total. The molecule has 25 heavy (non-hydrogen) atoms. The molecule has 2 aromatic rings. The number of methoxy groups -OCH3 is 1. The summed E-state index contributed by atoms with van der Waals surface area (Å²) in [6.07, 6.45) is 1.50. The van der Waals surface area contributed by atoms with Crippen molar-refractivity contribution in [3.8, 4) is 5.75 Å². The van der Waals surface area contributed by atoms with Gasteiger partial charge in [-0.25, -0.2) is 4.79 Å². The number of carbonyl (C=O) groups excluding carboxylic acids is 2. The van der Waals surface area contributed by atoms with E-state index in [4.69, 9.17) is 4.74 Å². The topological polar surface area (TPSA) is 70.7 Å². The van der Waals surface area contributed by atoms with Crippen molar-refractivity contribution in [2.45, 2.75) is 25.4 Å². The fourth-order valence-corrected chi connectivity index (χ4v) is 3.53. The SMILES string of the molecule is COc1cccc(NC(=O)N2CCC[C@H]2C(=O)NCc2cccs2)c1. The van der Waals surface area contributed by atoms with Crippen LogP contribution in [0.3, 0.4) is 0 Å². The van der Waals surface area contributed by atoms with E-state index in [1.54, 1.807) is 35.5 Å². The molecule has 0 saturated carbocycles. The standard InChI is InChI=1S/C18H21N3O3S/c1-24-14-6-2-5-13(11-14)20-18(23)21-9-3-8-16(21)17(22)19-12-15-7-4-10-25-15/h2,4-7,10-11,16H,3,8-9,12H2,1H3,(H,19,22)(H,20,23)/t16-/m0/s1. The fourth-order valence-electron chi connectivity index (χ4n) is 2.88. The number of amides is 3. The van der Waals surface area contributed by atoms with E-state index in [0.717, 1.165) is 11.3 Å². The van der Waals surface area contributed by atoms with Crippen molar-refractivity contribution in [1.29, 1.82) is 0 Å². The van der Waals surface area contributed by atoms with Crippen LogP contribution in [0, 0.1) is 0 Å². The van der Waals surface area contributed by atoms with Crippen LogP contribution in [0.15, 0.2) is 41.8 Å². The van der Waals surface area contributed by atoms with Crippen molar-refractivity contribution in [2.24, 2.45) is 0 Å². The largest absolute Gasteiger partial charge is 0.497 e. The maximum atomic E-state index is 12.6. The molecule has 1 atom stereocenters. The van der Waals surface area contributed by atoms with Crippen LogP contribution in [0.2, 0.25) is 0 Å². The Morgan fingerprint density at radius 1 is 1.32 bits per heavy atom. The Morgan fingerprint density at radius 3 is 2.96 bits per heavy atom. The van der Waals surface area contributed by atoms with Gasteiger partial charge in [-0.1, -0.05) is 12.1 Å². The summed E-state index contributed by atoms with van der Waals surface area (Å²) >= 11 is 1.60. The third-order valence-electron chi connectivity index (χ3n) is 4.15. The molecule has 1 saturated heterocycles. The van der Waals surface area contributed by atoms with Gasteiger partial charge in [0, 0.05) is 23.2 Å². The highest BCUT2D eigenvalue weighted by atomic mass is 32.1. The quantitative estimate of drug-likeness (QED) is 0.862. The van der Waals surface area contributed by atoms with Crippen LogP contribution in [0.25, 0.3) is 0 Å². The average Bonchev–Trinajstić information content (AvgIpc) is 3.31. The first-order valence-corrected chi connectivity index (χ1v) is 9.07. The van der Waals surface area contributed by atoms with Gasteiger partial charge in [0.1, 0.15) is 11.8 Å². The Morgan fingerprint density at radius 2 is 2.20 bits per heavy atom. The lowest BCUT2D eigenvalue weighted by Crippen LogP contribution is -2.47. The summed E-state index contributed by atoms with van der Waals surface area (Å²) in [5.41, 5.74) is 0.647. The van der Waals surface area contributed by atoms with Crippen molar-refractivity contribution >= 4 is 29.0 Å². The van der Waals surface area contributed by atoms with Gasteiger partial charge in [-0.15, -0.1) is 11.3 Å². The van der Waals surface area contributed by atoms with Crippen LogP contribution < -0.4 is 15.4 Å². The first kappa shape index (κ1) is 17.3. The van der Waals surface area contributed by atoms with E-state index < -0.39 is 6.04 Å². The van der Waals surface area contributed by atoms with Gasteiger partial charge < -0.3 is 20.3 Å². The van der Waals surface area contributed by atoms with Crippen LogP contribution in [-0.4, -0.2) is 36.5 Å². The van der Waals surface area contributed by atoms with Gasteiger partial charge in [0.2, 0.25) is 5.91 Å². The van der Waals surface area contributed by atoms with Gasteiger partial charge in [-0.05, 0) is 36.4 Å². The Kier molecular flexibility index (Phi) is 5.55. The zero-order chi connectivity index (χ0) is 17.6. The van der Waals surface area contributed by atoms with Crippen LogP contribution >= 0.6 is 11.3 Å². The van der Waals surface area contributed by atoms with Crippen molar-refractivity contribution in [1.82, 2.24) is 10.2 Å². The van der Waals surface area contributed by atoms with Crippen LogP contribution in [0.5, 0.6) is 5.75 Å². The zero-order valence-electron chi connectivity index (χ0n) is 14.0. The second-order valence-electron chi connectivity index (χ2n) is 5.81.